The molecule has 0 saturated carbocycles. The van der Waals surface area contributed by atoms with Crippen molar-refractivity contribution in [3.05, 3.63) is 15.8 Å². The molecule has 1 rings (SSSR count). The van der Waals surface area contributed by atoms with Gasteiger partial charge in [0.15, 0.2) is 0 Å². The van der Waals surface area contributed by atoms with E-state index >= 15 is 0 Å². The summed E-state index contributed by atoms with van der Waals surface area (Å²) in [4.78, 5) is 11.7. The second-order valence-electron chi connectivity index (χ2n) is 2.68. The van der Waals surface area contributed by atoms with E-state index in [1.54, 1.807) is 6.92 Å². The summed E-state index contributed by atoms with van der Waals surface area (Å²) in [7, 11) is 2.55. The summed E-state index contributed by atoms with van der Waals surface area (Å²) in [6, 6.07) is 0. The van der Waals surface area contributed by atoms with Gasteiger partial charge in [0, 0.05) is 20.9 Å². The quantitative estimate of drug-likeness (QED) is 0.622. The predicted molar refractivity (Wildman–Crippen MR) is 58.1 cm³/mol. The monoisotopic (exact) mass is 268 g/mol. The molecule has 0 radical (unpaired) electrons. The fraction of sp³-hybridized carbons (Fsp3) is 0.375. The van der Waals surface area contributed by atoms with E-state index in [-0.39, 0.29) is 10.5 Å². The molecule has 15 heavy (non-hydrogen) atoms. The first-order valence-corrected chi connectivity index (χ1v) is 7.24. The number of methoxy groups -OCH3 is 1. The van der Waals surface area contributed by atoms with Crippen molar-refractivity contribution in [2.75, 3.05) is 7.11 Å². The van der Waals surface area contributed by atoms with Gasteiger partial charge in [-0.05, 0) is 6.42 Å². The molecule has 1 heterocycles. The van der Waals surface area contributed by atoms with Crippen molar-refractivity contribution in [3.63, 3.8) is 0 Å². The van der Waals surface area contributed by atoms with Gasteiger partial charge >= 0.3 is 5.97 Å². The summed E-state index contributed by atoms with van der Waals surface area (Å²) >= 11 is 1.18. The van der Waals surface area contributed by atoms with Crippen LogP contribution in [0.25, 0.3) is 0 Å². The van der Waals surface area contributed by atoms with Gasteiger partial charge in [-0.2, -0.15) is 0 Å². The zero-order valence-electron chi connectivity index (χ0n) is 8.11. The minimum Gasteiger partial charge on any atom is -0.465 e. The number of hydrogen-bond donors (Lipinski definition) is 0. The van der Waals surface area contributed by atoms with Crippen molar-refractivity contribution in [3.8, 4) is 0 Å². The van der Waals surface area contributed by atoms with Gasteiger partial charge in [0.2, 0.25) is 0 Å². The van der Waals surface area contributed by atoms with Gasteiger partial charge in [0.25, 0.3) is 9.05 Å². The van der Waals surface area contributed by atoms with Crippen LogP contribution in [0.1, 0.15) is 22.2 Å². The van der Waals surface area contributed by atoms with Gasteiger partial charge in [-0.15, -0.1) is 11.3 Å². The number of carbonyl (C=O) groups is 1. The molecule has 1 aromatic heterocycles. The van der Waals surface area contributed by atoms with Gasteiger partial charge in [-0.1, -0.05) is 6.92 Å². The molecule has 0 atom stereocenters. The van der Waals surface area contributed by atoms with E-state index in [4.69, 9.17) is 10.7 Å². The molecular formula is C8H9ClO4S2. The van der Waals surface area contributed by atoms with Gasteiger partial charge in [-0.25, -0.2) is 13.2 Å². The lowest BCUT2D eigenvalue weighted by Gasteiger charge is -2.00. The number of esters is 1. The zero-order valence-corrected chi connectivity index (χ0v) is 10.5. The molecule has 7 heteroatoms. The third-order valence-electron chi connectivity index (χ3n) is 1.79. The van der Waals surface area contributed by atoms with Gasteiger partial charge < -0.3 is 4.74 Å². The fourth-order valence-electron chi connectivity index (χ4n) is 1.15. The third kappa shape index (κ3) is 2.50. The molecular weight excluding hydrogens is 260 g/mol. The molecule has 0 fully saturated rings. The van der Waals surface area contributed by atoms with E-state index in [0.29, 0.717) is 11.3 Å². The Morgan fingerprint density at radius 1 is 1.60 bits per heavy atom. The van der Waals surface area contributed by atoms with Crippen LogP contribution < -0.4 is 0 Å². The molecule has 0 aliphatic carbocycles. The molecule has 4 nitrogen and oxygen atoms in total. The Labute approximate surface area is 96.2 Å². The second-order valence-corrected chi connectivity index (χ2v) is 6.15. The van der Waals surface area contributed by atoms with Crippen molar-refractivity contribution >= 4 is 37.0 Å². The van der Waals surface area contributed by atoms with Crippen molar-refractivity contribution in [1.29, 1.82) is 0 Å². The minimum atomic E-state index is -3.91. The Balaban J connectivity index is 3.43. The molecule has 0 amide bonds. The van der Waals surface area contributed by atoms with Crippen LogP contribution in [0.15, 0.2) is 10.3 Å². The first-order chi connectivity index (χ1) is 6.91. The molecule has 0 unspecified atom stereocenters. The summed E-state index contributed by atoms with van der Waals surface area (Å²) in [5, 5.41) is 1.44. The highest BCUT2D eigenvalue weighted by Gasteiger charge is 2.26. The maximum Gasteiger partial charge on any atom is 0.340 e. The number of halogens is 1. The Hall–Kier alpha value is -0.590. The molecule has 0 aliphatic rings. The highest BCUT2D eigenvalue weighted by Crippen LogP contribution is 2.30. The number of aryl methyl sites for hydroxylation is 1. The highest BCUT2D eigenvalue weighted by atomic mass is 35.7. The normalized spacial score (nSPS) is 11.4. The van der Waals surface area contributed by atoms with Crippen LogP contribution in [0.5, 0.6) is 0 Å². The lowest BCUT2D eigenvalue weighted by atomic mass is 10.3. The lowest BCUT2D eigenvalue weighted by Crippen LogP contribution is -2.06. The summed E-state index contributed by atoms with van der Waals surface area (Å²) in [5.74, 6) is -0.690. The van der Waals surface area contributed by atoms with Crippen LogP contribution in [-0.2, 0) is 20.2 Å². The van der Waals surface area contributed by atoms with Crippen LogP contribution in [0.4, 0.5) is 0 Å². The molecule has 1 aromatic rings. The van der Waals surface area contributed by atoms with Crippen molar-refractivity contribution in [1.82, 2.24) is 0 Å². The predicted octanol–water partition coefficient (Wildman–Crippen LogP) is 2.02. The first kappa shape index (κ1) is 12.5. The smallest absolute Gasteiger partial charge is 0.340 e. The van der Waals surface area contributed by atoms with Crippen LogP contribution in [0.2, 0.25) is 0 Å². The molecule has 0 N–H and O–H groups in total. The molecule has 0 saturated heterocycles. The van der Waals surface area contributed by atoms with Crippen LogP contribution in [-0.4, -0.2) is 21.5 Å². The van der Waals surface area contributed by atoms with Crippen molar-refractivity contribution in [2.24, 2.45) is 0 Å². The maximum atomic E-state index is 11.3. The first-order valence-electron chi connectivity index (χ1n) is 4.05. The SMILES string of the molecule is CCc1scc(C(=O)OC)c1S(=O)(=O)Cl. The number of hydrogen-bond acceptors (Lipinski definition) is 5. The molecule has 0 aromatic carbocycles. The van der Waals surface area contributed by atoms with Gasteiger partial charge in [0.05, 0.1) is 12.7 Å². The van der Waals surface area contributed by atoms with Gasteiger partial charge in [-0.3, -0.25) is 0 Å². The zero-order chi connectivity index (χ0) is 11.6. The Morgan fingerprint density at radius 3 is 2.60 bits per heavy atom. The summed E-state index contributed by atoms with van der Waals surface area (Å²) in [6.45, 7) is 1.79. The van der Waals surface area contributed by atoms with Crippen LogP contribution in [0.3, 0.4) is 0 Å². The maximum absolute atomic E-state index is 11.3. The third-order valence-corrected chi connectivity index (χ3v) is 4.46. The molecule has 0 spiro atoms. The summed E-state index contributed by atoms with van der Waals surface area (Å²) < 4.78 is 27.0. The number of carbonyl (C=O) groups excluding carboxylic acids is 1. The Kier molecular flexibility index (Phi) is 3.75. The lowest BCUT2D eigenvalue weighted by molar-refractivity contribution is 0.0597. The minimum absolute atomic E-state index is 0.00866. The van der Waals surface area contributed by atoms with E-state index in [2.05, 4.69) is 4.74 Å². The molecule has 0 aliphatic heterocycles. The fourth-order valence-corrected chi connectivity index (χ4v) is 4.04. The number of thiophene rings is 1. The van der Waals surface area contributed by atoms with Crippen LogP contribution >= 0.6 is 22.0 Å². The number of rotatable bonds is 3. The van der Waals surface area contributed by atoms with E-state index in [9.17, 15) is 13.2 Å². The molecule has 84 valence electrons. The van der Waals surface area contributed by atoms with Crippen molar-refractivity contribution < 1.29 is 17.9 Å². The Bertz CT molecular complexity index is 475. The topological polar surface area (TPSA) is 60.4 Å². The number of ether oxygens (including phenoxy) is 1. The Morgan fingerprint density at radius 2 is 2.20 bits per heavy atom. The van der Waals surface area contributed by atoms with E-state index in [0.717, 1.165) is 0 Å². The largest absolute Gasteiger partial charge is 0.465 e. The van der Waals surface area contributed by atoms with Crippen molar-refractivity contribution in [2.45, 2.75) is 18.2 Å². The summed E-state index contributed by atoms with van der Waals surface area (Å²) in [5.41, 5.74) is 0.00866. The average molecular weight is 269 g/mol. The standard InChI is InChI=1S/C8H9ClO4S2/c1-3-6-7(15(9,11)12)5(4-14-6)8(10)13-2/h4H,3H2,1-2H3. The second kappa shape index (κ2) is 4.51. The van der Waals surface area contributed by atoms with Crippen LogP contribution in [0, 0.1) is 0 Å². The molecule has 0 bridgehead atoms. The van der Waals surface area contributed by atoms with E-state index in [1.165, 1.54) is 23.8 Å². The van der Waals surface area contributed by atoms with Gasteiger partial charge in [0.1, 0.15) is 4.90 Å². The average Bonchev–Trinajstić information content (AvgIpc) is 2.59. The summed E-state index contributed by atoms with van der Waals surface area (Å²) in [6.07, 6.45) is 0.503. The highest BCUT2D eigenvalue weighted by molar-refractivity contribution is 8.14. The van der Waals surface area contributed by atoms with E-state index < -0.39 is 15.0 Å². The van der Waals surface area contributed by atoms with E-state index in [1.807, 2.05) is 0 Å².